The van der Waals surface area contributed by atoms with E-state index in [2.05, 4.69) is 15.4 Å². The van der Waals surface area contributed by atoms with Gasteiger partial charge in [0.15, 0.2) is 0 Å². The van der Waals surface area contributed by atoms with Crippen LogP contribution in [-0.2, 0) is 11.3 Å². The van der Waals surface area contributed by atoms with Crippen LogP contribution >= 0.6 is 0 Å². The molecule has 0 amide bonds. The van der Waals surface area contributed by atoms with Gasteiger partial charge in [-0.2, -0.15) is 0 Å². The number of morpholine rings is 1. The van der Waals surface area contributed by atoms with Crippen molar-refractivity contribution in [1.82, 2.24) is 15.4 Å². The summed E-state index contributed by atoms with van der Waals surface area (Å²) in [6.45, 7) is 8.69. The largest absolute Gasteiger partial charge is 0.374 e. The Bertz CT molecular complexity index is 409. The van der Waals surface area contributed by atoms with Crippen LogP contribution < -0.4 is 5.32 Å². The predicted molar refractivity (Wildman–Crippen MR) is 72.0 cm³/mol. The molecule has 1 atom stereocenters. The van der Waals surface area contributed by atoms with Crippen LogP contribution in [0, 0.1) is 13.8 Å². The van der Waals surface area contributed by atoms with E-state index in [1.165, 1.54) is 18.4 Å². The number of rotatable bonds is 5. The highest BCUT2D eigenvalue weighted by atomic mass is 16.5. The van der Waals surface area contributed by atoms with Crippen molar-refractivity contribution in [2.75, 3.05) is 26.2 Å². The number of hydrogen-bond acceptors (Lipinski definition) is 5. The van der Waals surface area contributed by atoms with E-state index in [-0.39, 0.29) is 0 Å². The summed E-state index contributed by atoms with van der Waals surface area (Å²) >= 11 is 0. The SMILES string of the molecule is Cc1noc(C)c1CNC[C@H]1CN(C2CC2)CCO1. The third-order valence-corrected chi connectivity index (χ3v) is 4.09. The predicted octanol–water partition coefficient (Wildman–Crippen LogP) is 1.24. The van der Waals surface area contributed by atoms with E-state index in [0.29, 0.717) is 6.10 Å². The second kappa shape index (κ2) is 5.61. The van der Waals surface area contributed by atoms with Crippen molar-refractivity contribution in [2.24, 2.45) is 0 Å². The minimum Gasteiger partial charge on any atom is -0.374 e. The molecule has 1 saturated heterocycles. The number of hydrogen-bond donors (Lipinski definition) is 1. The van der Waals surface area contributed by atoms with Gasteiger partial charge in [-0.3, -0.25) is 4.90 Å². The van der Waals surface area contributed by atoms with Gasteiger partial charge in [-0.15, -0.1) is 0 Å². The first-order valence-corrected chi connectivity index (χ1v) is 7.22. The average molecular weight is 265 g/mol. The van der Waals surface area contributed by atoms with Gasteiger partial charge in [-0.25, -0.2) is 0 Å². The monoisotopic (exact) mass is 265 g/mol. The Morgan fingerprint density at radius 1 is 1.37 bits per heavy atom. The lowest BCUT2D eigenvalue weighted by atomic mass is 10.2. The van der Waals surface area contributed by atoms with E-state index >= 15 is 0 Å². The van der Waals surface area contributed by atoms with Crippen molar-refractivity contribution < 1.29 is 9.26 Å². The Morgan fingerprint density at radius 2 is 2.21 bits per heavy atom. The lowest BCUT2D eigenvalue weighted by Crippen LogP contribution is -2.47. The maximum absolute atomic E-state index is 5.82. The van der Waals surface area contributed by atoms with E-state index in [9.17, 15) is 0 Å². The van der Waals surface area contributed by atoms with Crippen LogP contribution in [0.1, 0.15) is 29.9 Å². The molecule has 1 saturated carbocycles. The lowest BCUT2D eigenvalue weighted by Gasteiger charge is -2.33. The first kappa shape index (κ1) is 13.1. The zero-order chi connectivity index (χ0) is 13.2. The number of aryl methyl sites for hydroxylation is 2. The van der Waals surface area contributed by atoms with Crippen molar-refractivity contribution in [3.05, 3.63) is 17.0 Å². The third kappa shape index (κ3) is 3.16. The molecule has 2 heterocycles. The number of nitrogens with zero attached hydrogens (tertiary/aromatic N) is 2. The summed E-state index contributed by atoms with van der Waals surface area (Å²) in [6.07, 6.45) is 3.06. The molecule has 1 aliphatic heterocycles. The Balaban J connectivity index is 1.44. The van der Waals surface area contributed by atoms with E-state index in [1.807, 2.05) is 13.8 Å². The Labute approximate surface area is 114 Å². The molecule has 0 aromatic carbocycles. The van der Waals surface area contributed by atoms with E-state index in [4.69, 9.17) is 9.26 Å². The first-order chi connectivity index (χ1) is 9.24. The second-order valence-electron chi connectivity index (χ2n) is 5.65. The van der Waals surface area contributed by atoms with Gasteiger partial charge in [-0.1, -0.05) is 5.16 Å². The molecule has 106 valence electrons. The van der Waals surface area contributed by atoms with Crippen LogP contribution in [0.25, 0.3) is 0 Å². The Morgan fingerprint density at radius 3 is 2.89 bits per heavy atom. The van der Waals surface area contributed by atoms with Gasteiger partial charge < -0.3 is 14.6 Å². The summed E-state index contributed by atoms with van der Waals surface area (Å²) < 4.78 is 11.0. The van der Waals surface area contributed by atoms with Crippen molar-refractivity contribution >= 4 is 0 Å². The zero-order valence-electron chi connectivity index (χ0n) is 11.8. The molecular weight excluding hydrogens is 242 g/mol. The fraction of sp³-hybridized carbons (Fsp3) is 0.786. The third-order valence-electron chi connectivity index (χ3n) is 4.09. The standard InChI is InChI=1S/C14H23N3O2/c1-10-14(11(2)19-16-10)8-15-7-13-9-17(5-6-18-13)12-3-4-12/h12-13,15H,3-9H2,1-2H3/t13-/m0/s1. The van der Waals surface area contributed by atoms with Crippen LogP contribution in [-0.4, -0.2) is 48.4 Å². The van der Waals surface area contributed by atoms with Crippen molar-refractivity contribution in [3.63, 3.8) is 0 Å². The van der Waals surface area contributed by atoms with E-state index in [1.54, 1.807) is 0 Å². The topological polar surface area (TPSA) is 50.5 Å². The van der Waals surface area contributed by atoms with Crippen LogP contribution in [0.5, 0.6) is 0 Å². The van der Waals surface area contributed by atoms with Gasteiger partial charge in [0.05, 0.1) is 18.4 Å². The summed E-state index contributed by atoms with van der Waals surface area (Å²) in [5, 5.41) is 7.44. The minimum atomic E-state index is 0.315. The van der Waals surface area contributed by atoms with Crippen LogP contribution in [0.3, 0.4) is 0 Å². The molecule has 0 bridgehead atoms. The van der Waals surface area contributed by atoms with Gasteiger partial charge >= 0.3 is 0 Å². The van der Waals surface area contributed by atoms with Crippen LogP contribution in [0.15, 0.2) is 4.52 Å². The van der Waals surface area contributed by atoms with Gasteiger partial charge in [0.1, 0.15) is 5.76 Å². The van der Waals surface area contributed by atoms with Gasteiger partial charge in [-0.05, 0) is 26.7 Å². The Kier molecular flexibility index (Phi) is 3.86. The Hall–Kier alpha value is -0.910. The van der Waals surface area contributed by atoms with Gasteiger partial charge in [0.2, 0.25) is 0 Å². The van der Waals surface area contributed by atoms with Gasteiger partial charge in [0.25, 0.3) is 0 Å². The van der Waals surface area contributed by atoms with Gasteiger partial charge in [0, 0.05) is 37.8 Å². The molecule has 3 rings (SSSR count). The lowest BCUT2D eigenvalue weighted by molar-refractivity contribution is -0.0301. The molecule has 2 aliphatic rings. The number of aromatic nitrogens is 1. The summed E-state index contributed by atoms with van der Waals surface area (Å²) in [5.41, 5.74) is 2.16. The summed E-state index contributed by atoms with van der Waals surface area (Å²) in [6, 6.07) is 0.842. The molecule has 1 aliphatic carbocycles. The highest BCUT2D eigenvalue weighted by Gasteiger charge is 2.32. The fourth-order valence-corrected chi connectivity index (χ4v) is 2.75. The smallest absolute Gasteiger partial charge is 0.138 e. The van der Waals surface area contributed by atoms with E-state index in [0.717, 1.165) is 50.3 Å². The zero-order valence-corrected chi connectivity index (χ0v) is 11.8. The fourth-order valence-electron chi connectivity index (χ4n) is 2.75. The molecule has 2 fully saturated rings. The first-order valence-electron chi connectivity index (χ1n) is 7.22. The summed E-state index contributed by atoms with van der Waals surface area (Å²) in [4.78, 5) is 2.58. The molecule has 0 unspecified atom stereocenters. The van der Waals surface area contributed by atoms with Crippen LogP contribution in [0.4, 0.5) is 0 Å². The maximum Gasteiger partial charge on any atom is 0.138 e. The summed E-state index contributed by atoms with van der Waals surface area (Å²) in [7, 11) is 0. The molecule has 1 N–H and O–H groups in total. The molecule has 1 aromatic heterocycles. The molecule has 1 aromatic rings. The average Bonchev–Trinajstić information content (AvgIpc) is 3.21. The van der Waals surface area contributed by atoms with E-state index < -0.39 is 0 Å². The highest BCUT2D eigenvalue weighted by molar-refractivity contribution is 5.20. The number of ether oxygens (including phenoxy) is 1. The summed E-state index contributed by atoms with van der Waals surface area (Å²) in [5.74, 6) is 0.911. The molecule has 0 spiro atoms. The molecule has 19 heavy (non-hydrogen) atoms. The van der Waals surface area contributed by atoms with Crippen molar-refractivity contribution in [1.29, 1.82) is 0 Å². The van der Waals surface area contributed by atoms with Crippen molar-refractivity contribution in [2.45, 2.75) is 45.4 Å². The second-order valence-corrected chi connectivity index (χ2v) is 5.65. The molecule has 0 radical (unpaired) electrons. The maximum atomic E-state index is 5.82. The molecular formula is C14H23N3O2. The highest BCUT2D eigenvalue weighted by Crippen LogP contribution is 2.28. The quantitative estimate of drug-likeness (QED) is 0.868. The normalized spacial score (nSPS) is 24.8. The van der Waals surface area contributed by atoms with Crippen molar-refractivity contribution in [3.8, 4) is 0 Å². The molecule has 5 nitrogen and oxygen atoms in total. The minimum absolute atomic E-state index is 0.315. The van der Waals surface area contributed by atoms with Crippen LogP contribution in [0.2, 0.25) is 0 Å². The molecule has 5 heteroatoms. The number of nitrogens with one attached hydrogen (secondary N) is 1.